The molecule has 0 amide bonds. The maximum absolute atomic E-state index is 5.32. The van der Waals surface area contributed by atoms with Crippen molar-refractivity contribution in [1.29, 1.82) is 0 Å². The first-order valence-corrected chi connectivity index (χ1v) is 6.60. The average molecular weight is 190 g/mol. The van der Waals surface area contributed by atoms with Crippen LogP contribution >= 0.6 is 0 Å². The monoisotopic (exact) mass is 190 g/mol. The van der Waals surface area contributed by atoms with Crippen LogP contribution < -0.4 is 0 Å². The van der Waals surface area contributed by atoms with E-state index < -0.39 is 8.80 Å². The van der Waals surface area contributed by atoms with Crippen molar-refractivity contribution in [2.24, 2.45) is 0 Å². The molecule has 74 valence electrons. The first kappa shape index (κ1) is 12.1. The average Bonchev–Trinajstić information content (AvgIpc) is 1.98. The Kier molecular flexibility index (Phi) is 5.79. The Hall–Kier alpha value is 0.137. The lowest BCUT2D eigenvalue weighted by Gasteiger charge is -2.29. The van der Waals surface area contributed by atoms with E-state index in [0.717, 1.165) is 11.1 Å². The Labute approximate surface area is 77.9 Å². The Morgan fingerprint density at radius 3 is 1.25 bits per heavy atom. The number of hydrogen-bond donors (Lipinski definition) is 0. The zero-order valence-electron chi connectivity index (χ0n) is 9.13. The zero-order chi connectivity index (χ0) is 9.72. The third-order valence-corrected chi connectivity index (χ3v) is 6.57. The van der Waals surface area contributed by atoms with E-state index in [1.54, 1.807) is 14.2 Å². The van der Waals surface area contributed by atoms with Gasteiger partial charge in [-0.2, -0.15) is 0 Å². The molecule has 0 saturated carbocycles. The predicted molar refractivity (Wildman–Crippen MR) is 55.2 cm³/mol. The van der Waals surface area contributed by atoms with Crippen LogP contribution in [-0.2, 0) is 9.47 Å². The normalized spacial score (nSPS) is 12.5. The van der Waals surface area contributed by atoms with Crippen LogP contribution in [0.4, 0.5) is 0 Å². The molecule has 0 saturated heterocycles. The highest BCUT2D eigenvalue weighted by molar-refractivity contribution is 6.62. The lowest BCUT2D eigenvalue weighted by atomic mass is 10.5. The molecular weight excluding hydrogens is 168 g/mol. The molecule has 0 radical (unpaired) electrons. The van der Waals surface area contributed by atoms with E-state index in [9.17, 15) is 0 Å². The third kappa shape index (κ3) is 3.25. The molecule has 0 aromatic heterocycles. The SMILES string of the molecule is COC(OC)[SiH](C(C)C)C(C)C. The molecule has 0 unspecified atom stereocenters. The molecule has 0 atom stereocenters. The molecule has 0 aliphatic heterocycles. The first-order valence-electron chi connectivity index (χ1n) is 4.60. The lowest BCUT2D eigenvalue weighted by molar-refractivity contribution is -0.0488. The Morgan fingerprint density at radius 2 is 1.17 bits per heavy atom. The highest BCUT2D eigenvalue weighted by Gasteiger charge is 2.29. The standard InChI is InChI=1S/C9H22O2Si/c1-7(2)12(8(3)4)9(10-5)11-6/h7-9,12H,1-6H3. The second-order valence-corrected chi connectivity index (χ2v) is 8.27. The minimum atomic E-state index is -0.940. The van der Waals surface area contributed by atoms with Gasteiger partial charge in [0.05, 0.1) is 0 Å². The summed E-state index contributed by atoms with van der Waals surface area (Å²) in [5.41, 5.74) is 1.46. The predicted octanol–water partition coefficient (Wildman–Crippen LogP) is 2.19. The highest BCUT2D eigenvalue weighted by Crippen LogP contribution is 2.24. The molecule has 0 aromatic rings. The summed E-state index contributed by atoms with van der Waals surface area (Å²) in [5, 5.41) is 0. The molecule has 0 bridgehead atoms. The molecule has 0 fully saturated rings. The van der Waals surface area contributed by atoms with Gasteiger partial charge in [0.25, 0.3) is 0 Å². The molecular formula is C9H22O2Si. The highest BCUT2D eigenvalue weighted by atomic mass is 28.3. The summed E-state index contributed by atoms with van der Waals surface area (Å²) in [6, 6.07) is 0. The number of rotatable bonds is 5. The number of hydrogen-bond acceptors (Lipinski definition) is 2. The number of methoxy groups -OCH3 is 2. The maximum atomic E-state index is 5.32. The van der Waals surface area contributed by atoms with E-state index in [0.29, 0.717) is 0 Å². The van der Waals surface area contributed by atoms with Crippen LogP contribution in [0.5, 0.6) is 0 Å². The van der Waals surface area contributed by atoms with Crippen molar-refractivity contribution in [3.8, 4) is 0 Å². The topological polar surface area (TPSA) is 18.5 Å². The van der Waals surface area contributed by atoms with Gasteiger partial charge in [0.1, 0.15) is 14.7 Å². The zero-order valence-corrected chi connectivity index (χ0v) is 10.3. The van der Waals surface area contributed by atoms with Gasteiger partial charge >= 0.3 is 0 Å². The second-order valence-electron chi connectivity index (χ2n) is 3.91. The summed E-state index contributed by atoms with van der Waals surface area (Å²) in [6.07, 6.45) is 0. The van der Waals surface area contributed by atoms with Gasteiger partial charge in [0, 0.05) is 14.2 Å². The van der Waals surface area contributed by atoms with Crippen molar-refractivity contribution in [3.63, 3.8) is 0 Å². The molecule has 2 nitrogen and oxygen atoms in total. The van der Waals surface area contributed by atoms with Crippen molar-refractivity contribution in [2.45, 2.75) is 44.7 Å². The fraction of sp³-hybridized carbons (Fsp3) is 1.00. The van der Waals surface area contributed by atoms with E-state index >= 15 is 0 Å². The molecule has 0 rings (SSSR count). The fourth-order valence-corrected chi connectivity index (χ4v) is 5.23. The van der Waals surface area contributed by atoms with Crippen molar-refractivity contribution in [2.75, 3.05) is 14.2 Å². The van der Waals surface area contributed by atoms with E-state index in [4.69, 9.17) is 9.47 Å². The van der Waals surface area contributed by atoms with Crippen LogP contribution in [0.1, 0.15) is 27.7 Å². The van der Waals surface area contributed by atoms with Crippen LogP contribution in [0, 0.1) is 0 Å². The van der Waals surface area contributed by atoms with Gasteiger partial charge in [0.2, 0.25) is 0 Å². The summed E-state index contributed by atoms with van der Waals surface area (Å²) >= 11 is 0. The Bertz CT molecular complexity index is 103. The van der Waals surface area contributed by atoms with Gasteiger partial charge in [-0.15, -0.1) is 0 Å². The quantitative estimate of drug-likeness (QED) is 0.489. The Morgan fingerprint density at radius 1 is 0.833 bits per heavy atom. The lowest BCUT2D eigenvalue weighted by Crippen LogP contribution is -2.39. The summed E-state index contributed by atoms with van der Waals surface area (Å²) < 4.78 is 10.6. The molecule has 0 spiro atoms. The molecule has 0 aliphatic carbocycles. The molecule has 3 heteroatoms. The Balaban J connectivity index is 4.26. The summed E-state index contributed by atoms with van der Waals surface area (Å²) in [7, 11) is 2.53. The van der Waals surface area contributed by atoms with Gasteiger partial charge < -0.3 is 9.47 Å². The van der Waals surface area contributed by atoms with Crippen molar-refractivity contribution >= 4 is 8.80 Å². The van der Waals surface area contributed by atoms with Gasteiger partial charge in [-0.1, -0.05) is 27.7 Å². The van der Waals surface area contributed by atoms with Crippen LogP contribution in [0.2, 0.25) is 11.1 Å². The largest absolute Gasteiger partial charge is 0.360 e. The van der Waals surface area contributed by atoms with Crippen molar-refractivity contribution in [1.82, 2.24) is 0 Å². The molecule has 12 heavy (non-hydrogen) atoms. The van der Waals surface area contributed by atoms with E-state index in [1.165, 1.54) is 0 Å². The first-order chi connectivity index (χ1) is 5.54. The molecule has 0 aromatic carbocycles. The van der Waals surface area contributed by atoms with Crippen LogP contribution in [0.15, 0.2) is 0 Å². The summed E-state index contributed by atoms with van der Waals surface area (Å²) in [6.45, 7) is 9.06. The van der Waals surface area contributed by atoms with Crippen LogP contribution in [0.3, 0.4) is 0 Å². The van der Waals surface area contributed by atoms with Crippen molar-refractivity contribution < 1.29 is 9.47 Å². The minimum Gasteiger partial charge on any atom is -0.360 e. The van der Waals surface area contributed by atoms with E-state index in [2.05, 4.69) is 27.7 Å². The maximum Gasteiger partial charge on any atom is 0.138 e. The molecule has 0 N–H and O–H groups in total. The summed E-state index contributed by atoms with van der Waals surface area (Å²) in [4.78, 5) is 0. The van der Waals surface area contributed by atoms with Gasteiger partial charge in [0.15, 0.2) is 0 Å². The van der Waals surface area contributed by atoms with Gasteiger partial charge in [-0.25, -0.2) is 0 Å². The molecule has 0 heterocycles. The van der Waals surface area contributed by atoms with Gasteiger partial charge in [-0.3, -0.25) is 0 Å². The smallest absolute Gasteiger partial charge is 0.138 e. The van der Waals surface area contributed by atoms with E-state index in [1.807, 2.05) is 0 Å². The van der Waals surface area contributed by atoms with E-state index in [-0.39, 0.29) is 5.91 Å². The fourth-order valence-electron chi connectivity index (χ4n) is 1.81. The van der Waals surface area contributed by atoms with Crippen LogP contribution in [-0.4, -0.2) is 28.9 Å². The minimum absolute atomic E-state index is 0.0741. The number of ether oxygens (including phenoxy) is 2. The summed E-state index contributed by atoms with van der Waals surface area (Å²) in [5.74, 6) is 0.0741. The van der Waals surface area contributed by atoms with Gasteiger partial charge in [-0.05, 0) is 11.1 Å². The molecule has 0 aliphatic rings. The van der Waals surface area contributed by atoms with Crippen LogP contribution in [0.25, 0.3) is 0 Å². The van der Waals surface area contributed by atoms with Crippen molar-refractivity contribution in [3.05, 3.63) is 0 Å². The second kappa shape index (κ2) is 5.73. The third-order valence-electron chi connectivity index (χ3n) is 2.32.